The molecule has 4 nitrogen and oxygen atoms in total. The van der Waals surface area contributed by atoms with Crippen LogP contribution in [0.2, 0.25) is 0 Å². The van der Waals surface area contributed by atoms with E-state index in [2.05, 4.69) is 32.2 Å². The van der Waals surface area contributed by atoms with Crippen LogP contribution in [0.15, 0.2) is 16.7 Å². The van der Waals surface area contributed by atoms with E-state index in [1.165, 1.54) is 0 Å². The fourth-order valence-corrected chi connectivity index (χ4v) is 1.81. The molecule has 1 N–H and O–H groups in total. The highest BCUT2D eigenvalue weighted by molar-refractivity contribution is 5.12. The van der Waals surface area contributed by atoms with Gasteiger partial charge in [-0.25, -0.2) is 0 Å². The van der Waals surface area contributed by atoms with Crippen LogP contribution in [-0.2, 0) is 22.6 Å². The Bertz CT molecular complexity index is 361. The van der Waals surface area contributed by atoms with Gasteiger partial charge >= 0.3 is 0 Å². The van der Waals surface area contributed by atoms with Crippen LogP contribution in [0.25, 0.3) is 0 Å². The van der Waals surface area contributed by atoms with Crippen LogP contribution >= 0.6 is 0 Å². The minimum absolute atomic E-state index is 0.120. The van der Waals surface area contributed by atoms with Crippen molar-refractivity contribution in [3.05, 3.63) is 23.7 Å². The summed E-state index contributed by atoms with van der Waals surface area (Å²) in [4.78, 5) is 0. The van der Waals surface area contributed by atoms with Crippen molar-refractivity contribution < 1.29 is 13.9 Å². The average molecular weight is 253 g/mol. The van der Waals surface area contributed by atoms with Crippen molar-refractivity contribution in [2.24, 2.45) is 0 Å². The predicted octanol–water partition coefficient (Wildman–Crippen LogP) is 2.47. The lowest BCUT2D eigenvalue weighted by Gasteiger charge is -2.19. The number of ether oxygens (including phenoxy) is 2. The Kier molecular flexibility index (Phi) is 4.43. The minimum atomic E-state index is 0.120. The van der Waals surface area contributed by atoms with Crippen LogP contribution in [0.5, 0.6) is 0 Å². The summed E-state index contributed by atoms with van der Waals surface area (Å²) in [5.74, 6) is 0.882. The molecule has 4 heteroatoms. The Morgan fingerprint density at radius 2 is 2.28 bits per heavy atom. The van der Waals surface area contributed by atoms with Crippen LogP contribution < -0.4 is 5.32 Å². The van der Waals surface area contributed by atoms with Gasteiger partial charge in [0.25, 0.3) is 0 Å². The molecule has 2 heterocycles. The maximum absolute atomic E-state index is 5.71. The standard InChI is InChI=1S/C14H23NO3/c1-14(2,3)15-7-11-6-13(17-8-11)10-18-12-4-5-16-9-12/h6,8,12,15H,4-5,7,9-10H2,1-3H3. The molecule has 1 aromatic heterocycles. The van der Waals surface area contributed by atoms with Gasteiger partial charge in [0.15, 0.2) is 0 Å². The van der Waals surface area contributed by atoms with Crippen molar-refractivity contribution in [3.63, 3.8) is 0 Å². The smallest absolute Gasteiger partial charge is 0.129 e. The van der Waals surface area contributed by atoms with Crippen LogP contribution in [0.1, 0.15) is 38.5 Å². The zero-order valence-corrected chi connectivity index (χ0v) is 11.5. The van der Waals surface area contributed by atoms with Crippen molar-refractivity contribution in [3.8, 4) is 0 Å². The first-order valence-corrected chi connectivity index (χ1v) is 6.53. The maximum atomic E-state index is 5.71. The third-order valence-electron chi connectivity index (χ3n) is 2.88. The monoisotopic (exact) mass is 253 g/mol. The molecule has 2 rings (SSSR count). The number of nitrogens with one attached hydrogen (secondary N) is 1. The predicted molar refractivity (Wildman–Crippen MR) is 69.3 cm³/mol. The second kappa shape index (κ2) is 5.87. The van der Waals surface area contributed by atoms with Crippen LogP contribution in [0.3, 0.4) is 0 Å². The molecule has 0 bridgehead atoms. The molecule has 0 saturated carbocycles. The van der Waals surface area contributed by atoms with Gasteiger partial charge < -0.3 is 19.2 Å². The van der Waals surface area contributed by atoms with Crippen molar-refractivity contribution in [1.82, 2.24) is 5.32 Å². The summed E-state index contributed by atoms with van der Waals surface area (Å²) in [6.07, 6.45) is 3.01. The molecule has 1 aliphatic heterocycles. The Hall–Kier alpha value is -0.840. The van der Waals surface area contributed by atoms with Gasteiger partial charge in [-0.15, -0.1) is 0 Å². The third kappa shape index (κ3) is 4.44. The largest absolute Gasteiger partial charge is 0.467 e. The lowest BCUT2D eigenvalue weighted by molar-refractivity contribution is 0.0235. The van der Waals surface area contributed by atoms with Gasteiger partial charge in [-0.1, -0.05) is 0 Å². The highest BCUT2D eigenvalue weighted by Crippen LogP contribution is 2.14. The molecule has 102 valence electrons. The van der Waals surface area contributed by atoms with E-state index in [1.54, 1.807) is 6.26 Å². The summed E-state index contributed by atoms with van der Waals surface area (Å²) in [7, 11) is 0. The first-order chi connectivity index (χ1) is 8.53. The first-order valence-electron chi connectivity index (χ1n) is 6.53. The summed E-state index contributed by atoms with van der Waals surface area (Å²) in [5.41, 5.74) is 1.28. The SMILES string of the molecule is CC(C)(C)NCc1coc(COC2CCOC2)c1. The van der Waals surface area contributed by atoms with Crippen molar-refractivity contribution in [1.29, 1.82) is 0 Å². The lowest BCUT2D eigenvalue weighted by Crippen LogP contribution is -2.34. The van der Waals surface area contributed by atoms with Crippen LogP contribution in [-0.4, -0.2) is 24.9 Å². The second-order valence-corrected chi connectivity index (χ2v) is 5.82. The normalized spacial score (nSPS) is 20.5. The van der Waals surface area contributed by atoms with E-state index in [-0.39, 0.29) is 11.6 Å². The molecular weight excluding hydrogens is 230 g/mol. The van der Waals surface area contributed by atoms with Gasteiger partial charge in [0.2, 0.25) is 0 Å². The average Bonchev–Trinajstić information content (AvgIpc) is 2.94. The number of furan rings is 1. The molecule has 0 aliphatic carbocycles. The van der Waals surface area contributed by atoms with E-state index in [9.17, 15) is 0 Å². The quantitative estimate of drug-likeness (QED) is 0.875. The summed E-state index contributed by atoms with van der Waals surface area (Å²) in [5, 5.41) is 3.43. The highest BCUT2D eigenvalue weighted by Gasteiger charge is 2.16. The van der Waals surface area contributed by atoms with Gasteiger partial charge in [-0.05, 0) is 33.3 Å². The van der Waals surface area contributed by atoms with Crippen LogP contribution in [0.4, 0.5) is 0 Å². The van der Waals surface area contributed by atoms with E-state index in [0.29, 0.717) is 13.2 Å². The Labute approximate surface area is 109 Å². The summed E-state index contributed by atoms with van der Waals surface area (Å²) >= 11 is 0. The van der Waals surface area contributed by atoms with Crippen molar-refractivity contribution in [2.45, 2.75) is 52.0 Å². The Morgan fingerprint density at radius 1 is 1.44 bits per heavy atom. The van der Waals surface area contributed by atoms with Gasteiger partial charge in [0.1, 0.15) is 12.4 Å². The molecule has 0 spiro atoms. The molecule has 1 unspecified atom stereocenters. The van der Waals surface area contributed by atoms with Crippen LogP contribution in [0, 0.1) is 0 Å². The third-order valence-corrected chi connectivity index (χ3v) is 2.88. The topological polar surface area (TPSA) is 43.6 Å². The lowest BCUT2D eigenvalue weighted by atomic mass is 10.1. The maximum Gasteiger partial charge on any atom is 0.129 e. The van der Waals surface area contributed by atoms with Gasteiger partial charge in [-0.3, -0.25) is 0 Å². The molecule has 0 aromatic carbocycles. The molecule has 1 atom stereocenters. The molecule has 0 radical (unpaired) electrons. The van der Waals surface area contributed by atoms with E-state index < -0.39 is 0 Å². The number of hydrogen-bond acceptors (Lipinski definition) is 4. The van der Waals surface area contributed by atoms with E-state index >= 15 is 0 Å². The summed E-state index contributed by atoms with van der Waals surface area (Å²) < 4.78 is 16.5. The number of rotatable bonds is 5. The van der Waals surface area contributed by atoms with E-state index in [4.69, 9.17) is 13.9 Å². The number of hydrogen-bond donors (Lipinski definition) is 1. The van der Waals surface area contributed by atoms with Crippen molar-refractivity contribution >= 4 is 0 Å². The highest BCUT2D eigenvalue weighted by atomic mass is 16.5. The minimum Gasteiger partial charge on any atom is -0.467 e. The van der Waals surface area contributed by atoms with E-state index in [0.717, 1.165) is 30.9 Å². The van der Waals surface area contributed by atoms with Gasteiger partial charge in [0.05, 0.1) is 19.0 Å². The van der Waals surface area contributed by atoms with Crippen molar-refractivity contribution in [2.75, 3.05) is 13.2 Å². The molecule has 1 saturated heterocycles. The summed E-state index contributed by atoms with van der Waals surface area (Å²) in [6, 6.07) is 2.05. The second-order valence-electron chi connectivity index (χ2n) is 5.82. The Balaban J connectivity index is 1.75. The molecule has 18 heavy (non-hydrogen) atoms. The molecule has 0 amide bonds. The molecule has 1 aliphatic rings. The molecular formula is C14H23NO3. The fraction of sp³-hybridized carbons (Fsp3) is 0.714. The molecule has 1 fully saturated rings. The summed E-state index contributed by atoms with van der Waals surface area (Å²) in [6.45, 7) is 9.32. The van der Waals surface area contributed by atoms with Gasteiger partial charge in [0, 0.05) is 24.3 Å². The zero-order chi connectivity index (χ0) is 13.0. The fourth-order valence-electron chi connectivity index (χ4n) is 1.81. The zero-order valence-electron chi connectivity index (χ0n) is 11.5. The van der Waals surface area contributed by atoms with Gasteiger partial charge in [-0.2, -0.15) is 0 Å². The Morgan fingerprint density at radius 3 is 2.94 bits per heavy atom. The first kappa shape index (κ1) is 13.6. The molecule has 1 aromatic rings. The van der Waals surface area contributed by atoms with E-state index in [1.807, 2.05) is 0 Å².